The van der Waals surface area contributed by atoms with Crippen LogP contribution in [0.3, 0.4) is 0 Å². The number of hydrogen-bond donors (Lipinski definition) is 1. The maximum absolute atomic E-state index is 5.74. The summed E-state index contributed by atoms with van der Waals surface area (Å²) in [5.41, 5.74) is 1.11. The van der Waals surface area contributed by atoms with Crippen LogP contribution < -0.4 is 10.1 Å². The number of nitrogens with zero attached hydrogens (tertiary/aromatic N) is 1. The van der Waals surface area contributed by atoms with Gasteiger partial charge in [-0.15, -0.1) is 0 Å². The van der Waals surface area contributed by atoms with E-state index in [-0.39, 0.29) is 0 Å². The Labute approximate surface area is 110 Å². The first-order valence-corrected chi connectivity index (χ1v) is 6.49. The largest absolute Gasteiger partial charge is 0.493 e. The van der Waals surface area contributed by atoms with Gasteiger partial charge in [0.2, 0.25) is 0 Å². The smallest absolute Gasteiger partial charge is 0.126 e. The molecule has 4 nitrogen and oxygen atoms in total. The van der Waals surface area contributed by atoms with Crippen molar-refractivity contribution in [1.82, 2.24) is 10.3 Å². The second-order valence-electron chi connectivity index (χ2n) is 4.70. The first-order valence-electron chi connectivity index (χ1n) is 6.49. The number of nitrogens with one attached hydrogen (secondary N) is 1. The first kappa shape index (κ1) is 14.9. The van der Waals surface area contributed by atoms with Crippen LogP contribution in [0.4, 0.5) is 0 Å². The summed E-state index contributed by atoms with van der Waals surface area (Å²) in [6.45, 7) is 7.58. The lowest BCUT2D eigenvalue weighted by atomic mass is 10.2. The van der Waals surface area contributed by atoms with E-state index in [1.165, 1.54) is 0 Å². The molecule has 0 radical (unpaired) electrons. The lowest BCUT2D eigenvalue weighted by Gasteiger charge is -2.12. The molecule has 1 aromatic heterocycles. The predicted molar refractivity (Wildman–Crippen MR) is 72.8 cm³/mol. The number of aromatic nitrogens is 1. The summed E-state index contributed by atoms with van der Waals surface area (Å²) in [5.74, 6) is 1.56. The molecule has 1 N–H and O–H groups in total. The van der Waals surface area contributed by atoms with Gasteiger partial charge in [-0.1, -0.05) is 13.8 Å². The van der Waals surface area contributed by atoms with Crippen molar-refractivity contribution < 1.29 is 9.47 Å². The van der Waals surface area contributed by atoms with Crippen LogP contribution in [0.5, 0.6) is 5.75 Å². The van der Waals surface area contributed by atoms with Crippen LogP contribution in [-0.4, -0.2) is 31.9 Å². The van der Waals surface area contributed by atoms with Gasteiger partial charge >= 0.3 is 0 Å². The van der Waals surface area contributed by atoms with Crippen molar-refractivity contribution in [2.75, 3.05) is 26.9 Å². The van der Waals surface area contributed by atoms with Gasteiger partial charge in [-0.2, -0.15) is 0 Å². The molecule has 0 aromatic carbocycles. The zero-order chi connectivity index (χ0) is 13.2. The highest BCUT2D eigenvalue weighted by molar-refractivity contribution is 5.29. The van der Waals surface area contributed by atoms with Crippen LogP contribution in [0.15, 0.2) is 18.5 Å². The SMILES string of the molecule is COCCCOc1ccncc1CNCC(C)C. The zero-order valence-electron chi connectivity index (χ0n) is 11.6. The summed E-state index contributed by atoms with van der Waals surface area (Å²) in [7, 11) is 1.70. The number of rotatable bonds is 9. The maximum atomic E-state index is 5.74. The fourth-order valence-corrected chi connectivity index (χ4v) is 1.57. The Balaban J connectivity index is 2.40. The third kappa shape index (κ3) is 5.98. The van der Waals surface area contributed by atoms with Gasteiger partial charge in [0.25, 0.3) is 0 Å². The third-order valence-electron chi connectivity index (χ3n) is 2.48. The number of methoxy groups -OCH3 is 1. The van der Waals surface area contributed by atoms with Crippen molar-refractivity contribution in [2.24, 2.45) is 5.92 Å². The Morgan fingerprint density at radius 2 is 2.17 bits per heavy atom. The highest BCUT2D eigenvalue weighted by atomic mass is 16.5. The molecule has 0 spiro atoms. The topological polar surface area (TPSA) is 43.4 Å². The lowest BCUT2D eigenvalue weighted by Crippen LogP contribution is -2.19. The van der Waals surface area contributed by atoms with E-state index < -0.39 is 0 Å². The van der Waals surface area contributed by atoms with Gasteiger partial charge in [-0.25, -0.2) is 0 Å². The summed E-state index contributed by atoms with van der Waals surface area (Å²) in [5, 5.41) is 3.40. The van der Waals surface area contributed by atoms with E-state index in [9.17, 15) is 0 Å². The van der Waals surface area contributed by atoms with Crippen LogP contribution in [0.1, 0.15) is 25.8 Å². The average Bonchev–Trinajstić information content (AvgIpc) is 2.36. The van der Waals surface area contributed by atoms with E-state index in [0.717, 1.165) is 37.4 Å². The quantitative estimate of drug-likeness (QED) is 0.685. The molecule has 1 aromatic rings. The number of ether oxygens (including phenoxy) is 2. The van der Waals surface area contributed by atoms with E-state index in [2.05, 4.69) is 24.1 Å². The van der Waals surface area contributed by atoms with Crippen molar-refractivity contribution >= 4 is 0 Å². The Bertz CT molecular complexity index is 329. The standard InChI is InChI=1S/C14H24N2O2/c1-12(2)9-16-11-13-10-15-6-5-14(13)18-8-4-7-17-3/h5-6,10,12,16H,4,7-9,11H2,1-3H3. The van der Waals surface area contributed by atoms with Crippen LogP contribution in [-0.2, 0) is 11.3 Å². The second-order valence-corrected chi connectivity index (χ2v) is 4.70. The highest BCUT2D eigenvalue weighted by Gasteiger charge is 2.03. The minimum Gasteiger partial charge on any atom is -0.493 e. The van der Waals surface area contributed by atoms with Crippen molar-refractivity contribution in [1.29, 1.82) is 0 Å². The van der Waals surface area contributed by atoms with Crippen molar-refractivity contribution in [3.05, 3.63) is 24.0 Å². The molecule has 0 saturated heterocycles. The molecule has 18 heavy (non-hydrogen) atoms. The van der Waals surface area contributed by atoms with Gasteiger partial charge < -0.3 is 14.8 Å². The predicted octanol–water partition coefficient (Wildman–Crippen LogP) is 2.24. The molecular weight excluding hydrogens is 228 g/mol. The number of pyridine rings is 1. The fourth-order valence-electron chi connectivity index (χ4n) is 1.57. The van der Waals surface area contributed by atoms with Crippen LogP contribution in [0, 0.1) is 5.92 Å². The van der Waals surface area contributed by atoms with Crippen LogP contribution >= 0.6 is 0 Å². The van der Waals surface area contributed by atoms with E-state index in [4.69, 9.17) is 9.47 Å². The molecule has 0 bridgehead atoms. The Morgan fingerprint density at radius 3 is 2.89 bits per heavy atom. The molecule has 0 fully saturated rings. The molecular formula is C14H24N2O2. The van der Waals surface area contributed by atoms with Gasteiger partial charge in [-0.3, -0.25) is 4.98 Å². The molecule has 1 heterocycles. The Morgan fingerprint density at radius 1 is 1.33 bits per heavy atom. The summed E-state index contributed by atoms with van der Waals surface area (Å²) >= 11 is 0. The third-order valence-corrected chi connectivity index (χ3v) is 2.48. The van der Waals surface area contributed by atoms with Crippen LogP contribution in [0.2, 0.25) is 0 Å². The summed E-state index contributed by atoms with van der Waals surface area (Å²) < 4.78 is 10.7. The van der Waals surface area contributed by atoms with Gasteiger partial charge in [0, 0.05) is 44.6 Å². The molecule has 0 aliphatic rings. The molecule has 0 saturated carbocycles. The normalized spacial score (nSPS) is 10.9. The van der Waals surface area contributed by atoms with E-state index >= 15 is 0 Å². The average molecular weight is 252 g/mol. The fraction of sp³-hybridized carbons (Fsp3) is 0.643. The van der Waals surface area contributed by atoms with Crippen LogP contribution in [0.25, 0.3) is 0 Å². The monoisotopic (exact) mass is 252 g/mol. The summed E-state index contributed by atoms with van der Waals surface area (Å²) in [6, 6.07) is 1.92. The molecule has 1 rings (SSSR count). The van der Waals surface area contributed by atoms with E-state index in [1.54, 1.807) is 13.3 Å². The minimum absolute atomic E-state index is 0.646. The molecule has 0 amide bonds. The molecule has 0 aliphatic carbocycles. The lowest BCUT2D eigenvalue weighted by molar-refractivity contribution is 0.171. The highest BCUT2D eigenvalue weighted by Crippen LogP contribution is 2.16. The molecule has 0 aliphatic heterocycles. The summed E-state index contributed by atoms with van der Waals surface area (Å²) in [6.07, 6.45) is 4.52. The van der Waals surface area contributed by atoms with Crippen molar-refractivity contribution in [2.45, 2.75) is 26.8 Å². The minimum atomic E-state index is 0.646. The molecule has 4 heteroatoms. The molecule has 0 atom stereocenters. The van der Waals surface area contributed by atoms with Gasteiger partial charge in [0.05, 0.1) is 6.61 Å². The van der Waals surface area contributed by atoms with Gasteiger partial charge in [0.1, 0.15) is 5.75 Å². The Hall–Kier alpha value is -1.13. The second kappa shape index (κ2) is 8.89. The molecule has 0 unspecified atom stereocenters. The first-order chi connectivity index (χ1) is 8.74. The van der Waals surface area contributed by atoms with Gasteiger partial charge in [-0.05, 0) is 18.5 Å². The molecule has 102 valence electrons. The summed E-state index contributed by atoms with van der Waals surface area (Å²) in [4.78, 5) is 4.14. The van der Waals surface area contributed by atoms with Crippen molar-refractivity contribution in [3.63, 3.8) is 0 Å². The number of hydrogen-bond acceptors (Lipinski definition) is 4. The Kier molecular flexibility index (Phi) is 7.37. The van der Waals surface area contributed by atoms with Crippen molar-refractivity contribution in [3.8, 4) is 5.75 Å². The van der Waals surface area contributed by atoms with E-state index in [0.29, 0.717) is 12.5 Å². The van der Waals surface area contributed by atoms with E-state index in [1.807, 2.05) is 12.3 Å². The zero-order valence-corrected chi connectivity index (χ0v) is 11.6. The van der Waals surface area contributed by atoms with Gasteiger partial charge in [0.15, 0.2) is 0 Å². The maximum Gasteiger partial charge on any atom is 0.126 e.